The first-order chi connectivity index (χ1) is 14.7. The lowest BCUT2D eigenvalue weighted by Gasteiger charge is -2.31. The minimum Gasteiger partial charge on any atom is -0.356 e. The summed E-state index contributed by atoms with van der Waals surface area (Å²) in [5.41, 5.74) is 2.96. The number of amides is 1. The molecule has 4 heterocycles. The van der Waals surface area contributed by atoms with Gasteiger partial charge in [-0.05, 0) is 54.4 Å². The van der Waals surface area contributed by atoms with E-state index < -0.39 is 0 Å². The van der Waals surface area contributed by atoms with Crippen LogP contribution in [0.15, 0.2) is 67.0 Å². The Hall–Kier alpha value is -3.38. The van der Waals surface area contributed by atoms with Crippen LogP contribution in [0.4, 0.5) is 11.5 Å². The summed E-state index contributed by atoms with van der Waals surface area (Å²) in [7, 11) is 0. The van der Waals surface area contributed by atoms with Crippen molar-refractivity contribution in [3.05, 3.63) is 83.3 Å². The van der Waals surface area contributed by atoms with Crippen molar-refractivity contribution < 1.29 is 4.79 Å². The van der Waals surface area contributed by atoms with Crippen LogP contribution < -0.4 is 10.2 Å². The first-order valence-electron chi connectivity index (χ1n) is 9.88. The summed E-state index contributed by atoms with van der Waals surface area (Å²) in [5, 5.41) is 4.54. The van der Waals surface area contributed by atoms with Crippen LogP contribution in [0, 0.1) is 0 Å². The van der Waals surface area contributed by atoms with Gasteiger partial charge in [0, 0.05) is 36.2 Å². The van der Waals surface area contributed by atoms with Crippen molar-refractivity contribution in [2.24, 2.45) is 0 Å². The molecular formula is C23H20ClN5O. The third-order valence-electron chi connectivity index (χ3n) is 5.30. The van der Waals surface area contributed by atoms with Crippen molar-refractivity contribution >= 4 is 40.0 Å². The molecule has 150 valence electrons. The SMILES string of the molecule is O=C(Nc1ccc(N2CCC2)nc1)c1cc2cccnc2n1Cc1cccc(Cl)c1. The average Bonchev–Trinajstić information content (AvgIpc) is 3.07. The molecule has 0 bridgehead atoms. The second-order valence-corrected chi connectivity index (χ2v) is 7.80. The lowest BCUT2D eigenvalue weighted by molar-refractivity contribution is 0.101. The van der Waals surface area contributed by atoms with Crippen LogP contribution in [0.25, 0.3) is 11.0 Å². The van der Waals surface area contributed by atoms with E-state index in [0.29, 0.717) is 22.9 Å². The Morgan fingerprint density at radius 3 is 2.70 bits per heavy atom. The molecule has 1 amide bonds. The predicted octanol–water partition coefficient (Wildman–Crippen LogP) is 4.60. The number of halogens is 1. The van der Waals surface area contributed by atoms with Crippen LogP contribution in [0.3, 0.4) is 0 Å². The molecule has 1 saturated heterocycles. The summed E-state index contributed by atoms with van der Waals surface area (Å²) >= 11 is 6.15. The van der Waals surface area contributed by atoms with E-state index in [0.717, 1.165) is 35.5 Å². The van der Waals surface area contributed by atoms with E-state index in [-0.39, 0.29) is 5.91 Å². The van der Waals surface area contributed by atoms with Crippen molar-refractivity contribution in [3.63, 3.8) is 0 Å². The highest BCUT2D eigenvalue weighted by atomic mass is 35.5. The van der Waals surface area contributed by atoms with E-state index >= 15 is 0 Å². The Labute approximate surface area is 179 Å². The van der Waals surface area contributed by atoms with Gasteiger partial charge in [-0.1, -0.05) is 23.7 Å². The molecule has 1 aliphatic heterocycles. The van der Waals surface area contributed by atoms with E-state index in [1.165, 1.54) is 6.42 Å². The highest BCUT2D eigenvalue weighted by Gasteiger charge is 2.18. The molecule has 0 unspecified atom stereocenters. The summed E-state index contributed by atoms with van der Waals surface area (Å²) in [6.45, 7) is 2.57. The molecule has 1 fully saturated rings. The Kier molecular flexibility index (Phi) is 4.85. The van der Waals surface area contributed by atoms with Gasteiger partial charge in [0.15, 0.2) is 0 Å². The van der Waals surface area contributed by atoms with Crippen LogP contribution in [-0.4, -0.2) is 33.5 Å². The third kappa shape index (κ3) is 3.62. The fourth-order valence-corrected chi connectivity index (χ4v) is 3.85. The number of rotatable bonds is 5. The number of carbonyl (C=O) groups excluding carboxylic acids is 1. The van der Waals surface area contributed by atoms with Crippen LogP contribution in [0.1, 0.15) is 22.5 Å². The third-order valence-corrected chi connectivity index (χ3v) is 5.54. The Balaban J connectivity index is 1.44. The van der Waals surface area contributed by atoms with Crippen LogP contribution in [0.5, 0.6) is 0 Å². The number of nitrogens with zero attached hydrogens (tertiary/aromatic N) is 4. The molecule has 1 aromatic carbocycles. The van der Waals surface area contributed by atoms with Gasteiger partial charge >= 0.3 is 0 Å². The summed E-state index contributed by atoms with van der Waals surface area (Å²) < 4.78 is 1.91. The number of fused-ring (bicyclic) bond motifs is 1. The van der Waals surface area contributed by atoms with Gasteiger partial charge in [-0.2, -0.15) is 0 Å². The normalized spacial score (nSPS) is 13.3. The zero-order chi connectivity index (χ0) is 20.5. The number of hydrogen-bond acceptors (Lipinski definition) is 4. The molecule has 6 nitrogen and oxygen atoms in total. The molecule has 7 heteroatoms. The second-order valence-electron chi connectivity index (χ2n) is 7.36. The first-order valence-corrected chi connectivity index (χ1v) is 10.3. The van der Waals surface area contributed by atoms with Gasteiger partial charge in [0.2, 0.25) is 0 Å². The number of aromatic nitrogens is 3. The number of carbonyl (C=O) groups is 1. The van der Waals surface area contributed by atoms with Gasteiger partial charge in [-0.25, -0.2) is 9.97 Å². The largest absolute Gasteiger partial charge is 0.356 e. The molecule has 30 heavy (non-hydrogen) atoms. The van der Waals surface area contributed by atoms with Gasteiger partial charge in [-0.3, -0.25) is 4.79 Å². The van der Waals surface area contributed by atoms with Gasteiger partial charge in [-0.15, -0.1) is 0 Å². The standard InChI is InChI=1S/C23H20ClN5O/c24-18-6-1-4-16(12-18)15-29-20(13-17-5-2-9-25-22(17)29)23(30)27-19-7-8-21(26-14-19)28-10-3-11-28/h1-2,4-9,12-14H,3,10-11,15H2,(H,27,30). The van der Waals surface area contributed by atoms with Gasteiger partial charge in [0.25, 0.3) is 5.91 Å². The van der Waals surface area contributed by atoms with E-state index in [4.69, 9.17) is 11.6 Å². The van der Waals surface area contributed by atoms with Crippen LogP contribution in [0.2, 0.25) is 5.02 Å². The first kappa shape index (κ1) is 18.6. The highest BCUT2D eigenvalue weighted by molar-refractivity contribution is 6.30. The lowest BCUT2D eigenvalue weighted by atomic mass is 10.2. The highest BCUT2D eigenvalue weighted by Crippen LogP contribution is 2.23. The average molecular weight is 418 g/mol. The number of hydrogen-bond donors (Lipinski definition) is 1. The zero-order valence-electron chi connectivity index (χ0n) is 16.3. The smallest absolute Gasteiger partial charge is 0.272 e. The number of nitrogens with one attached hydrogen (secondary N) is 1. The monoisotopic (exact) mass is 417 g/mol. The maximum Gasteiger partial charge on any atom is 0.272 e. The maximum absolute atomic E-state index is 13.1. The molecule has 0 radical (unpaired) electrons. The molecule has 0 aliphatic carbocycles. The van der Waals surface area contributed by atoms with Gasteiger partial charge in [0.1, 0.15) is 17.2 Å². The molecule has 0 atom stereocenters. The molecular weight excluding hydrogens is 398 g/mol. The number of pyridine rings is 2. The van der Waals surface area contributed by atoms with E-state index in [1.54, 1.807) is 12.4 Å². The van der Waals surface area contributed by atoms with Crippen LogP contribution in [-0.2, 0) is 6.54 Å². The Morgan fingerprint density at radius 1 is 1.07 bits per heavy atom. The molecule has 1 aliphatic rings. The van der Waals surface area contributed by atoms with Gasteiger partial charge < -0.3 is 14.8 Å². The minimum absolute atomic E-state index is 0.200. The Morgan fingerprint density at radius 2 is 1.97 bits per heavy atom. The quantitative estimate of drug-likeness (QED) is 0.515. The number of benzene rings is 1. The lowest BCUT2D eigenvalue weighted by Crippen LogP contribution is -2.37. The topological polar surface area (TPSA) is 63.1 Å². The molecule has 3 aromatic heterocycles. The fraction of sp³-hybridized carbons (Fsp3) is 0.174. The van der Waals surface area contributed by atoms with Crippen molar-refractivity contribution in [3.8, 4) is 0 Å². The molecule has 0 saturated carbocycles. The van der Waals surface area contributed by atoms with Crippen LogP contribution >= 0.6 is 11.6 Å². The fourth-order valence-electron chi connectivity index (χ4n) is 3.64. The minimum atomic E-state index is -0.200. The predicted molar refractivity (Wildman–Crippen MR) is 119 cm³/mol. The molecule has 5 rings (SSSR count). The van der Waals surface area contributed by atoms with E-state index in [9.17, 15) is 4.79 Å². The summed E-state index contributed by atoms with van der Waals surface area (Å²) in [6, 6.07) is 17.1. The van der Waals surface area contributed by atoms with Crippen molar-refractivity contribution in [2.75, 3.05) is 23.3 Å². The zero-order valence-corrected chi connectivity index (χ0v) is 17.0. The maximum atomic E-state index is 13.1. The summed E-state index contributed by atoms with van der Waals surface area (Å²) in [4.78, 5) is 24.3. The molecule has 0 spiro atoms. The van der Waals surface area contributed by atoms with E-state index in [2.05, 4.69) is 20.2 Å². The van der Waals surface area contributed by atoms with Gasteiger partial charge in [0.05, 0.1) is 11.9 Å². The van der Waals surface area contributed by atoms with E-state index in [1.807, 2.05) is 59.2 Å². The van der Waals surface area contributed by atoms with Crippen molar-refractivity contribution in [2.45, 2.75) is 13.0 Å². The number of anilines is 2. The summed E-state index contributed by atoms with van der Waals surface area (Å²) in [6.07, 6.45) is 4.63. The molecule has 1 N–H and O–H groups in total. The second kappa shape index (κ2) is 7.80. The van der Waals surface area contributed by atoms with Crippen molar-refractivity contribution in [1.82, 2.24) is 14.5 Å². The molecule has 4 aromatic rings. The van der Waals surface area contributed by atoms with Crippen molar-refractivity contribution in [1.29, 1.82) is 0 Å². The Bertz CT molecular complexity index is 1210. The summed E-state index contributed by atoms with van der Waals surface area (Å²) in [5.74, 6) is 0.743.